The van der Waals surface area contributed by atoms with Gasteiger partial charge < -0.3 is 10.2 Å². The second-order valence-corrected chi connectivity index (χ2v) is 12.3. The van der Waals surface area contributed by atoms with Gasteiger partial charge in [-0.1, -0.05) is 72.2 Å². The Labute approximate surface area is 240 Å². The van der Waals surface area contributed by atoms with Gasteiger partial charge >= 0.3 is 0 Å². The van der Waals surface area contributed by atoms with Crippen molar-refractivity contribution in [3.63, 3.8) is 0 Å². The van der Waals surface area contributed by atoms with E-state index < -0.39 is 28.5 Å². The number of hydrogen-bond acceptors (Lipinski definition) is 4. The molecule has 208 valence electrons. The molecule has 1 N–H and O–H groups in total. The highest BCUT2D eigenvalue weighted by Gasteiger charge is 2.34. The predicted molar refractivity (Wildman–Crippen MR) is 159 cm³/mol. The van der Waals surface area contributed by atoms with Crippen LogP contribution in [-0.4, -0.2) is 43.8 Å². The standard InChI is InChI=1S/C30H36BrN3O4S/c1-5-23(4)32-30(36)28(6-2)33(20-24-13-11-10-12-22(24)3)29(35)21-34(26-18-16-25(31)17-19-26)39(37,38)27-14-8-7-9-15-27/h7-19,23,28H,5-6,20-21H2,1-4H3,(H,32,36)/t23-,28+/m1/s1. The molecule has 7 nitrogen and oxygen atoms in total. The lowest BCUT2D eigenvalue weighted by atomic mass is 10.1. The molecule has 3 aromatic carbocycles. The fourth-order valence-electron chi connectivity index (χ4n) is 4.19. The number of aryl methyl sites for hydroxylation is 1. The van der Waals surface area contributed by atoms with Crippen molar-refractivity contribution in [1.29, 1.82) is 0 Å². The average molecular weight is 615 g/mol. The maximum absolute atomic E-state index is 14.1. The van der Waals surface area contributed by atoms with Gasteiger partial charge in [0.05, 0.1) is 10.6 Å². The summed E-state index contributed by atoms with van der Waals surface area (Å²) >= 11 is 3.39. The lowest BCUT2D eigenvalue weighted by Crippen LogP contribution is -2.53. The molecule has 2 amide bonds. The zero-order chi connectivity index (χ0) is 28.6. The first-order valence-corrected chi connectivity index (χ1v) is 15.3. The van der Waals surface area contributed by atoms with Crippen LogP contribution < -0.4 is 9.62 Å². The third-order valence-electron chi connectivity index (χ3n) is 6.71. The summed E-state index contributed by atoms with van der Waals surface area (Å²) in [7, 11) is -4.08. The topological polar surface area (TPSA) is 86.8 Å². The maximum atomic E-state index is 14.1. The Balaban J connectivity index is 2.05. The van der Waals surface area contributed by atoms with Gasteiger partial charge in [0, 0.05) is 17.1 Å². The lowest BCUT2D eigenvalue weighted by molar-refractivity contribution is -0.140. The van der Waals surface area contributed by atoms with Crippen molar-refractivity contribution < 1.29 is 18.0 Å². The van der Waals surface area contributed by atoms with E-state index in [0.717, 1.165) is 26.3 Å². The van der Waals surface area contributed by atoms with Gasteiger partial charge in [0.1, 0.15) is 12.6 Å². The Morgan fingerprint density at radius 3 is 2.10 bits per heavy atom. The van der Waals surface area contributed by atoms with E-state index in [9.17, 15) is 18.0 Å². The van der Waals surface area contributed by atoms with E-state index >= 15 is 0 Å². The van der Waals surface area contributed by atoms with Crippen molar-refractivity contribution in [3.05, 3.63) is 94.5 Å². The number of nitrogens with one attached hydrogen (secondary N) is 1. The molecule has 0 bridgehead atoms. The number of amides is 2. The molecular formula is C30H36BrN3O4S. The Kier molecular flexibility index (Phi) is 10.7. The highest BCUT2D eigenvalue weighted by atomic mass is 79.9. The van der Waals surface area contributed by atoms with Crippen molar-refractivity contribution in [3.8, 4) is 0 Å². The van der Waals surface area contributed by atoms with Crippen molar-refractivity contribution in [2.75, 3.05) is 10.8 Å². The van der Waals surface area contributed by atoms with E-state index in [2.05, 4.69) is 21.2 Å². The van der Waals surface area contributed by atoms with Crippen LogP contribution in [0.15, 0.2) is 88.2 Å². The van der Waals surface area contributed by atoms with Crippen LogP contribution in [0.25, 0.3) is 0 Å². The molecule has 0 fully saturated rings. The molecule has 3 aromatic rings. The zero-order valence-corrected chi connectivity index (χ0v) is 25.2. The lowest BCUT2D eigenvalue weighted by Gasteiger charge is -2.34. The van der Waals surface area contributed by atoms with Gasteiger partial charge in [0.2, 0.25) is 11.8 Å². The largest absolute Gasteiger partial charge is 0.352 e. The Bertz CT molecular complexity index is 1360. The second kappa shape index (κ2) is 13.8. The molecule has 0 saturated heterocycles. The molecule has 0 aliphatic carbocycles. The fourth-order valence-corrected chi connectivity index (χ4v) is 5.89. The first kappa shape index (κ1) is 30.4. The average Bonchev–Trinajstić information content (AvgIpc) is 2.93. The molecule has 0 saturated carbocycles. The van der Waals surface area contributed by atoms with Crippen LogP contribution >= 0.6 is 15.9 Å². The smallest absolute Gasteiger partial charge is 0.264 e. The van der Waals surface area contributed by atoms with Crippen LogP contribution in [0.2, 0.25) is 0 Å². The normalized spacial score (nSPS) is 12.8. The summed E-state index contributed by atoms with van der Waals surface area (Å²) in [4.78, 5) is 29.0. The predicted octanol–water partition coefficient (Wildman–Crippen LogP) is 5.67. The van der Waals surface area contributed by atoms with Crippen molar-refractivity contribution in [2.24, 2.45) is 0 Å². The Morgan fingerprint density at radius 1 is 0.897 bits per heavy atom. The maximum Gasteiger partial charge on any atom is 0.264 e. The van der Waals surface area contributed by atoms with Crippen LogP contribution in [0.5, 0.6) is 0 Å². The van der Waals surface area contributed by atoms with Gasteiger partial charge in [0.25, 0.3) is 10.0 Å². The summed E-state index contributed by atoms with van der Waals surface area (Å²) in [5, 5.41) is 2.99. The summed E-state index contributed by atoms with van der Waals surface area (Å²) in [6, 6.07) is 21.6. The molecule has 0 radical (unpaired) electrons. The monoisotopic (exact) mass is 613 g/mol. The highest BCUT2D eigenvalue weighted by molar-refractivity contribution is 9.10. The number of hydrogen-bond donors (Lipinski definition) is 1. The number of sulfonamides is 1. The summed E-state index contributed by atoms with van der Waals surface area (Å²) in [5.74, 6) is -0.721. The third kappa shape index (κ3) is 7.70. The summed E-state index contributed by atoms with van der Waals surface area (Å²) in [5.41, 5.74) is 2.22. The molecule has 0 spiro atoms. The molecular weight excluding hydrogens is 578 g/mol. The summed E-state index contributed by atoms with van der Waals surface area (Å²) in [6.07, 6.45) is 1.13. The molecule has 39 heavy (non-hydrogen) atoms. The van der Waals surface area contributed by atoms with Gasteiger partial charge in [-0.3, -0.25) is 13.9 Å². The minimum absolute atomic E-state index is 0.0558. The van der Waals surface area contributed by atoms with E-state index in [0.29, 0.717) is 12.1 Å². The second-order valence-electron chi connectivity index (χ2n) is 9.49. The van der Waals surface area contributed by atoms with E-state index in [1.807, 2.05) is 52.0 Å². The van der Waals surface area contributed by atoms with Crippen LogP contribution in [0.1, 0.15) is 44.7 Å². The molecule has 3 rings (SSSR count). The summed E-state index contributed by atoms with van der Waals surface area (Å²) < 4.78 is 29.5. The minimum Gasteiger partial charge on any atom is -0.352 e. The van der Waals surface area contributed by atoms with Crippen LogP contribution in [0.3, 0.4) is 0 Å². The number of rotatable bonds is 12. The molecule has 9 heteroatoms. The highest BCUT2D eigenvalue weighted by Crippen LogP contribution is 2.26. The molecule has 2 atom stereocenters. The SMILES string of the molecule is CC[C@@H](C)NC(=O)[C@H](CC)N(Cc1ccccc1C)C(=O)CN(c1ccc(Br)cc1)S(=O)(=O)c1ccccc1. The van der Waals surface area contributed by atoms with Crippen molar-refractivity contribution >= 4 is 43.5 Å². The van der Waals surface area contributed by atoms with Crippen molar-refractivity contribution in [2.45, 2.75) is 64.1 Å². The van der Waals surface area contributed by atoms with Crippen LogP contribution in [-0.2, 0) is 26.2 Å². The molecule has 0 unspecified atom stereocenters. The quantitative estimate of drug-likeness (QED) is 0.285. The number of carbonyl (C=O) groups is 2. The zero-order valence-electron chi connectivity index (χ0n) is 22.8. The Morgan fingerprint density at radius 2 is 1.51 bits per heavy atom. The number of benzene rings is 3. The summed E-state index contributed by atoms with van der Waals surface area (Å²) in [6.45, 7) is 7.42. The molecule has 0 aliphatic heterocycles. The minimum atomic E-state index is -4.08. The number of halogens is 1. The third-order valence-corrected chi connectivity index (χ3v) is 9.03. The molecule has 0 aromatic heterocycles. The van der Waals surface area contributed by atoms with Gasteiger partial charge in [-0.05, 0) is 74.2 Å². The first-order valence-electron chi connectivity index (χ1n) is 13.1. The van der Waals surface area contributed by atoms with Crippen molar-refractivity contribution in [1.82, 2.24) is 10.2 Å². The number of carbonyl (C=O) groups excluding carboxylic acids is 2. The van der Waals surface area contributed by atoms with Gasteiger partial charge in [-0.15, -0.1) is 0 Å². The van der Waals surface area contributed by atoms with E-state index in [-0.39, 0.29) is 23.4 Å². The van der Waals surface area contributed by atoms with E-state index in [1.54, 1.807) is 42.5 Å². The fraction of sp³-hybridized carbons (Fsp3) is 0.333. The van der Waals surface area contributed by atoms with Crippen LogP contribution in [0, 0.1) is 6.92 Å². The van der Waals surface area contributed by atoms with E-state index in [1.165, 1.54) is 17.0 Å². The molecule has 0 heterocycles. The van der Waals surface area contributed by atoms with Crippen LogP contribution in [0.4, 0.5) is 5.69 Å². The molecule has 0 aliphatic rings. The Hall–Kier alpha value is -3.17. The van der Waals surface area contributed by atoms with Gasteiger partial charge in [0.15, 0.2) is 0 Å². The van der Waals surface area contributed by atoms with E-state index in [4.69, 9.17) is 0 Å². The number of nitrogens with zero attached hydrogens (tertiary/aromatic N) is 2. The first-order chi connectivity index (χ1) is 18.6. The number of anilines is 1. The van der Waals surface area contributed by atoms with Gasteiger partial charge in [-0.2, -0.15) is 0 Å². The van der Waals surface area contributed by atoms with Gasteiger partial charge in [-0.25, -0.2) is 8.42 Å².